The Bertz CT molecular complexity index is 931. The lowest BCUT2D eigenvalue weighted by Crippen LogP contribution is -2.24. The second kappa shape index (κ2) is 8.12. The lowest BCUT2D eigenvalue weighted by Gasteiger charge is -2.13. The molecule has 0 aliphatic carbocycles. The van der Waals surface area contributed by atoms with Gasteiger partial charge in [-0.15, -0.1) is 11.3 Å². The van der Waals surface area contributed by atoms with Gasteiger partial charge in [0, 0.05) is 11.3 Å². The highest BCUT2D eigenvalue weighted by Crippen LogP contribution is 2.29. The van der Waals surface area contributed by atoms with Crippen LogP contribution in [0.4, 0.5) is 5.00 Å². The first-order chi connectivity index (χ1) is 12.2. The monoisotopic (exact) mass is 388 g/mol. The molecular formula is C17H16N4O3S2. The third kappa shape index (κ3) is 4.28. The zero-order chi connectivity index (χ0) is 19.4. The Morgan fingerprint density at radius 3 is 2.65 bits per heavy atom. The highest BCUT2D eigenvalue weighted by molar-refractivity contribution is 8.00. The number of aromatic nitrogens is 1. The number of pyridine rings is 1. The molecule has 2 amide bonds. The minimum atomic E-state index is -0.620. The van der Waals surface area contributed by atoms with Gasteiger partial charge >= 0.3 is 0 Å². The second-order valence-electron chi connectivity index (χ2n) is 5.42. The third-order valence-electron chi connectivity index (χ3n) is 3.50. The molecule has 1 atom stereocenters. The molecule has 0 saturated carbocycles. The van der Waals surface area contributed by atoms with Crippen LogP contribution in [0.3, 0.4) is 0 Å². The maximum atomic E-state index is 12.4. The molecule has 7 nitrogen and oxygen atoms in total. The predicted octanol–water partition coefficient (Wildman–Crippen LogP) is 2.74. The van der Waals surface area contributed by atoms with Gasteiger partial charge in [-0.3, -0.25) is 14.4 Å². The molecule has 0 unspecified atom stereocenters. The lowest BCUT2D eigenvalue weighted by atomic mass is 10.1. The summed E-state index contributed by atoms with van der Waals surface area (Å²) in [6.45, 7) is 4.75. The van der Waals surface area contributed by atoms with Gasteiger partial charge in [-0.2, -0.15) is 5.26 Å². The number of thiophene rings is 1. The molecule has 0 aliphatic rings. The van der Waals surface area contributed by atoms with Gasteiger partial charge in [-0.25, -0.2) is 4.98 Å². The van der Waals surface area contributed by atoms with E-state index in [0.29, 0.717) is 21.3 Å². The van der Waals surface area contributed by atoms with E-state index in [1.807, 2.05) is 6.07 Å². The van der Waals surface area contributed by atoms with E-state index in [2.05, 4.69) is 10.3 Å². The van der Waals surface area contributed by atoms with Crippen LogP contribution < -0.4 is 11.1 Å². The molecule has 3 N–H and O–H groups in total. The highest BCUT2D eigenvalue weighted by Gasteiger charge is 2.21. The minimum Gasteiger partial charge on any atom is -0.366 e. The fraction of sp³-hybridized carbons (Fsp3) is 0.235. The molecule has 9 heteroatoms. The molecule has 0 aromatic carbocycles. The van der Waals surface area contributed by atoms with Crippen LogP contribution in [0.25, 0.3) is 0 Å². The lowest BCUT2D eigenvalue weighted by molar-refractivity contribution is -0.115. The average molecular weight is 388 g/mol. The SMILES string of the molecule is CC(=O)c1cc(C#N)c(S[C@H](C)C(=O)Nc2sccc2C(N)=O)nc1C. The number of ketones is 1. The largest absolute Gasteiger partial charge is 0.366 e. The maximum absolute atomic E-state index is 12.4. The fourth-order valence-electron chi connectivity index (χ4n) is 2.14. The van der Waals surface area contributed by atoms with Crippen LogP contribution in [-0.4, -0.2) is 27.8 Å². The van der Waals surface area contributed by atoms with E-state index in [1.165, 1.54) is 24.3 Å². The van der Waals surface area contributed by atoms with Gasteiger partial charge in [0.05, 0.1) is 16.4 Å². The first-order valence-electron chi connectivity index (χ1n) is 7.52. The number of thioether (sulfide) groups is 1. The van der Waals surface area contributed by atoms with E-state index < -0.39 is 11.2 Å². The van der Waals surface area contributed by atoms with Crippen molar-refractivity contribution in [3.05, 3.63) is 39.9 Å². The van der Waals surface area contributed by atoms with E-state index in [9.17, 15) is 19.6 Å². The number of carbonyl (C=O) groups is 3. The highest BCUT2D eigenvalue weighted by atomic mass is 32.2. The van der Waals surface area contributed by atoms with E-state index in [0.717, 1.165) is 11.8 Å². The van der Waals surface area contributed by atoms with Crippen LogP contribution in [0, 0.1) is 18.3 Å². The Balaban J connectivity index is 2.20. The Labute approximate surface area is 158 Å². The van der Waals surface area contributed by atoms with E-state index in [1.54, 1.807) is 25.3 Å². The minimum absolute atomic E-state index is 0.175. The van der Waals surface area contributed by atoms with Gasteiger partial charge in [-0.1, -0.05) is 11.8 Å². The number of rotatable bonds is 6. The molecule has 2 rings (SSSR count). The summed E-state index contributed by atoms with van der Waals surface area (Å²) in [4.78, 5) is 39.6. The number of nitrogens with one attached hydrogen (secondary N) is 1. The smallest absolute Gasteiger partial charge is 0.251 e. The van der Waals surface area contributed by atoms with Gasteiger partial charge in [0.1, 0.15) is 16.1 Å². The van der Waals surface area contributed by atoms with Crippen molar-refractivity contribution in [3.63, 3.8) is 0 Å². The quantitative estimate of drug-likeness (QED) is 0.579. The third-order valence-corrected chi connectivity index (χ3v) is 5.43. The summed E-state index contributed by atoms with van der Waals surface area (Å²) in [5.41, 5.74) is 6.63. The fourth-order valence-corrected chi connectivity index (χ4v) is 3.86. The number of nitrogens with two attached hydrogens (primary N) is 1. The van der Waals surface area contributed by atoms with E-state index >= 15 is 0 Å². The Morgan fingerprint density at radius 2 is 2.08 bits per heavy atom. The van der Waals surface area contributed by atoms with Crippen LogP contribution in [0.5, 0.6) is 0 Å². The molecule has 2 aromatic rings. The van der Waals surface area contributed by atoms with Gasteiger partial charge in [0.15, 0.2) is 5.78 Å². The van der Waals surface area contributed by atoms with Crippen molar-refractivity contribution in [1.82, 2.24) is 4.98 Å². The molecule has 134 valence electrons. The average Bonchev–Trinajstić information content (AvgIpc) is 3.03. The zero-order valence-electron chi connectivity index (χ0n) is 14.3. The summed E-state index contributed by atoms with van der Waals surface area (Å²) < 4.78 is 0. The van der Waals surface area contributed by atoms with Crippen molar-refractivity contribution in [2.75, 3.05) is 5.32 Å². The van der Waals surface area contributed by atoms with Gasteiger partial charge in [0.25, 0.3) is 5.91 Å². The predicted molar refractivity (Wildman–Crippen MR) is 100 cm³/mol. The molecule has 0 saturated heterocycles. The van der Waals surface area contributed by atoms with E-state index in [4.69, 9.17) is 5.73 Å². The Hall–Kier alpha value is -2.70. The van der Waals surface area contributed by atoms with Crippen LogP contribution in [-0.2, 0) is 4.79 Å². The summed E-state index contributed by atoms with van der Waals surface area (Å²) in [6, 6.07) is 5.04. The van der Waals surface area contributed by atoms with Gasteiger partial charge in [-0.05, 0) is 38.3 Å². The number of Topliss-reactive ketones (excluding diaryl/α,β-unsaturated/α-hetero) is 1. The molecule has 2 heterocycles. The number of amides is 2. The van der Waals surface area contributed by atoms with Gasteiger partial charge in [0.2, 0.25) is 5.91 Å². The van der Waals surface area contributed by atoms with Crippen molar-refractivity contribution in [2.24, 2.45) is 5.73 Å². The number of carbonyl (C=O) groups excluding carboxylic acids is 3. The van der Waals surface area contributed by atoms with Crippen LogP contribution >= 0.6 is 23.1 Å². The maximum Gasteiger partial charge on any atom is 0.251 e. The number of hydrogen-bond acceptors (Lipinski definition) is 7. The van der Waals surface area contributed by atoms with Gasteiger partial charge < -0.3 is 11.1 Å². The Morgan fingerprint density at radius 1 is 1.38 bits per heavy atom. The van der Waals surface area contributed by atoms with Crippen LogP contribution in [0.2, 0.25) is 0 Å². The number of aryl methyl sites for hydroxylation is 1. The first kappa shape index (κ1) is 19.6. The normalized spacial score (nSPS) is 11.5. The molecule has 0 radical (unpaired) electrons. The number of anilines is 1. The summed E-state index contributed by atoms with van der Waals surface area (Å²) >= 11 is 2.30. The van der Waals surface area contributed by atoms with Crippen molar-refractivity contribution in [2.45, 2.75) is 31.0 Å². The van der Waals surface area contributed by atoms with Crippen molar-refractivity contribution in [1.29, 1.82) is 5.26 Å². The number of primary amides is 1. The number of nitriles is 1. The molecule has 26 heavy (non-hydrogen) atoms. The Kier molecular flexibility index (Phi) is 6.13. The molecule has 0 spiro atoms. The van der Waals surface area contributed by atoms with Crippen LogP contribution in [0.15, 0.2) is 22.5 Å². The molecule has 0 bridgehead atoms. The summed E-state index contributed by atoms with van der Waals surface area (Å²) in [6.07, 6.45) is 0. The first-order valence-corrected chi connectivity index (χ1v) is 9.28. The van der Waals surface area contributed by atoms with Crippen molar-refractivity contribution in [3.8, 4) is 6.07 Å². The zero-order valence-corrected chi connectivity index (χ0v) is 16.0. The van der Waals surface area contributed by atoms with Crippen LogP contribution in [0.1, 0.15) is 45.8 Å². The topological polar surface area (TPSA) is 126 Å². The molecule has 2 aromatic heterocycles. The van der Waals surface area contributed by atoms with E-state index in [-0.39, 0.29) is 22.8 Å². The standard InChI is InChI=1S/C17H16N4O3S2/c1-8-13(9(2)22)6-11(7-18)16(20-8)26-10(3)15(24)21-17-12(14(19)23)4-5-25-17/h4-6,10H,1-3H3,(H2,19,23)(H,21,24)/t10-/m1/s1. The number of hydrogen-bond donors (Lipinski definition) is 2. The summed E-state index contributed by atoms with van der Waals surface area (Å²) in [5, 5.41) is 13.8. The van der Waals surface area contributed by atoms with Crippen molar-refractivity contribution < 1.29 is 14.4 Å². The summed E-state index contributed by atoms with van der Waals surface area (Å²) in [5.74, 6) is -1.14. The molecular weight excluding hydrogens is 372 g/mol. The second-order valence-corrected chi connectivity index (χ2v) is 7.66. The number of nitrogens with zero attached hydrogens (tertiary/aromatic N) is 2. The molecule has 0 fully saturated rings. The molecule has 0 aliphatic heterocycles. The summed E-state index contributed by atoms with van der Waals surface area (Å²) in [7, 11) is 0. The van der Waals surface area contributed by atoms with Crippen molar-refractivity contribution >= 4 is 45.7 Å².